The molecule has 7 rings (SSSR count). The van der Waals surface area contributed by atoms with Crippen LogP contribution in [0.5, 0.6) is 0 Å². The largest absolute Gasteiger partial charge is 0.462 e. The minimum Gasteiger partial charge on any atom is -0.462 e. The van der Waals surface area contributed by atoms with E-state index in [0.717, 1.165) is 45.1 Å². The second-order valence-electron chi connectivity index (χ2n) is 12.0. The first-order chi connectivity index (χ1) is 23.7. The molecule has 0 radical (unpaired) electrons. The molecule has 4 aromatic carbocycles. The molecule has 3 amide bonds. The third-order valence-corrected chi connectivity index (χ3v) is 11.4. The van der Waals surface area contributed by atoms with E-state index >= 15 is 0 Å². The molecule has 2 aliphatic heterocycles. The molecule has 0 saturated carbocycles. The summed E-state index contributed by atoms with van der Waals surface area (Å²) >= 11 is 2.16. The van der Waals surface area contributed by atoms with E-state index in [1.165, 1.54) is 21.6 Å². The van der Waals surface area contributed by atoms with Crippen molar-refractivity contribution >= 4 is 74.6 Å². The summed E-state index contributed by atoms with van der Waals surface area (Å²) in [5.41, 5.74) is 3.03. The van der Waals surface area contributed by atoms with Crippen LogP contribution in [-0.2, 0) is 25.7 Å². The topological polar surface area (TPSA) is 118 Å². The maximum absolute atomic E-state index is 14.3. The van der Waals surface area contributed by atoms with E-state index in [1.807, 2.05) is 85.7 Å². The minimum atomic E-state index is -0.843. The molecular formula is C37H32N4O6S2. The fraction of sp³-hybridized carbons (Fsp3) is 0.216. The van der Waals surface area contributed by atoms with E-state index in [2.05, 4.69) is 5.32 Å². The van der Waals surface area contributed by atoms with E-state index in [-0.39, 0.29) is 29.8 Å². The minimum absolute atomic E-state index is 0.223. The van der Waals surface area contributed by atoms with Crippen LogP contribution in [0.1, 0.15) is 33.6 Å². The van der Waals surface area contributed by atoms with Crippen LogP contribution in [0.2, 0.25) is 0 Å². The van der Waals surface area contributed by atoms with Crippen LogP contribution < -0.4 is 20.0 Å². The number of anilines is 3. The maximum Gasteiger partial charge on any atom is 0.338 e. The number of nitrogens with one attached hydrogen (secondary N) is 1. The maximum atomic E-state index is 14.3. The molecule has 1 aromatic heterocycles. The van der Waals surface area contributed by atoms with Crippen molar-refractivity contribution in [3.63, 3.8) is 0 Å². The third-order valence-electron chi connectivity index (χ3n) is 8.82. The highest BCUT2D eigenvalue weighted by Crippen LogP contribution is 2.54. The van der Waals surface area contributed by atoms with E-state index < -0.39 is 29.0 Å². The fourth-order valence-electron chi connectivity index (χ4n) is 6.48. The van der Waals surface area contributed by atoms with Gasteiger partial charge in [0.25, 0.3) is 0 Å². The first-order valence-corrected chi connectivity index (χ1v) is 17.5. The summed E-state index contributed by atoms with van der Waals surface area (Å²) in [5.74, 6) is -3.08. The molecule has 49 heavy (non-hydrogen) atoms. The van der Waals surface area contributed by atoms with Crippen LogP contribution in [0.15, 0.2) is 101 Å². The lowest BCUT2D eigenvalue weighted by Crippen LogP contribution is -2.33. The fourth-order valence-corrected chi connectivity index (χ4v) is 9.25. The summed E-state index contributed by atoms with van der Waals surface area (Å²) < 4.78 is 6.49. The number of fused-ring (bicyclic) bond motifs is 3. The van der Waals surface area contributed by atoms with Crippen molar-refractivity contribution in [2.75, 3.05) is 35.8 Å². The normalized spacial score (nSPS) is 18.3. The predicted octanol–water partition coefficient (Wildman–Crippen LogP) is 5.74. The number of hydrogen-bond acceptors (Lipinski definition) is 9. The molecule has 248 valence electrons. The molecule has 12 heteroatoms. The zero-order valence-corrected chi connectivity index (χ0v) is 28.5. The highest BCUT2D eigenvalue weighted by atomic mass is 32.2. The van der Waals surface area contributed by atoms with E-state index in [9.17, 15) is 24.0 Å². The Labute approximate surface area is 290 Å². The first-order valence-electron chi connectivity index (χ1n) is 15.8. The Balaban J connectivity index is 1.25. The van der Waals surface area contributed by atoms with Crippen LogP contribution >= 0.6 is 23.1 Å². The summed E-state index contributed by atoms with van der Waals surface area (Å²) in [6.07, 6.45) is 0. The Morgan fingerprint density at radius 2 is 1.59 bits per heavy atom. The predicted molar refractivity (Wildman–Crippen MR) is 192 cm³/mol. The quantitative estimate of drug-likeness (QED) is 0.162. The number of amides is 3. The number of carbonyl (C=O) groups is 4. The van der Waals surface area contributed by atoms with Crippen molar-refractivity contribution in [1.29, 1.82) is 0 Å². The molecule has 1 saturated heterocycles. The van der Waals surface area contributed by atoms with Gasteiger partial charge < -0.3 is 15.0 Å². The highest BCUT2D eigenvalue weighted by Gasteiger charge is 2.56. The zero-order valence-electron chi connectivity index (χ0n) is 26.9. The van der Waals surface area contributed by atoms with Crippen LogP contribution in [0, 0.1) is 5.92 Å². The number of hydrogen-bond donors (Lipinski definition) is 1. The second kappa shape index (κ2) is 13.0. The van der Waals surface area contributed by atoms with E-state index in [4.69, 9.17) is 4.74 Å². The average Bonchev–Trinajstić information content (AvgIpc) is 3.54. The van der Waals surface area contributed by atoms with Crippen LogP contribution in [-0.4, -0.2) is 54.2 Å². The van der Waals surface area contributed by atoms with Gasteiger partial charge in [0.15, 0.2) is 0 Å². The van der Waals surface area contributed by atoms with Crippen molar-refractivity contribution in [2.24, 2.45) is 5.92 Å². The first kappa shape index (κ1) is 32.4. The summed E-state index contributed by atoms with van der Waals surface area (Å²) in [6, 6.07) is 27.3. The van der Waals surface area contributed by atoms with Gasteiger partial charge in [0.1, 0.15) is 11.8 Å². The van der Waals surface area contributed by atoms with E-state index in [1.54, 1.807) is 19.1 Å². The number of nitrogens with zero attached hydrogens (tertiary/aromatic N) is 3. The smallest absolute Gasteiger partial charge is 0.338 e. The molecule has 10 nitrogen and oxygen atoms in total. The lowest BCUT2D eigenvalue weighted by atomic mass is 9.83. The number of rotatable bonds is 8. The summed E-state index contributed by atoms with van der Waals surface area (Å²) in [5, 5.41) is 4.47. The molecule has 0 aliphatic carbocycles. The lowest BCUT2D eigenvalue weighted by Gasteiger charge is -2.31. The highest BCUT2D eigenvalue weighted by molar-refractivity contribution is 8.00. The SMILES string of the molecule is CCOC(=O)c1ccc(N2C(=O)C3Sc4c(sc(=O)n4CC(=O)Nc4cccc5ccccc45)[C@H](c4ccc(N(C)C)cc4)C3C2=O)cc1. The van der Waals surface area contributed by atoms with Crippen molar-refractivity contribution in [3.8, 4) is 0 Å². The number of esters is 1. The average molecular weight is 693 g/mol. The van der Waals surface area contributed by atoms with Gasteiger partial charge in [0, 0.05) is 41.7 Å². The molecule has 0 spiro atoms. The molecule has 0 bridgehead atoms. The van der Waals surface area contributed by atoms with Gasteiger partial charge in [0.2, 0.25) is 17.7 Å². The Bertz CT molecular complexity index is 2170. The monoisotopic (exact) mass is 692 g/mol. The summed E-state index contributed by atoms with van der Waals surface area (Å²) in [6.45, 7) is 1.68. The molecular weight excluding hydrogens is 661 g/mol. The number of thiazole rings is 1. The molecule has 1 fully saturated rings. The van der Waals surface area contributed by atoms with Gasteiger partial charge in [-0.15, -0.1) is 0 Å². The van der Waals surface area contributed by atoms with E-state index in [0.29, 0.717) is 26.8 Å². The van der Waals surface area contributed by atoms with Crippen molar-refractivity contribution in [3.05, 3.63) is 117 Å². The number of thioether (sulfide) groups is 1. The van der Waals surface area contributed by atoms with Crippen molar-refractivity contribution in [1.82, 2.24) is 4.57 Å². The van der Waals surface area contributed by atoms with Gasteiger partial charge in [-0.3, -0.25) is 23.7 Å². The van der Waals surface area contributed by atoms with Crippen LogP contribution in [0.4, 0.5) is 17.1 Å². The Hall–Kier alpha value is -5.20. The Morgan fingerprint density at radius 1 is 0.878 bits per heavy atom. The van der Waals surface area contributed by atoms with Crippen molar-refractivity contribution < 1.29 is 23.9 Å². The molecule has 3 heterocycles. The van der Waals surface area contributed by atoms with Gasteiger partial charge in [-0.05, 0) is 60.3 Å². The Morgan fingerprint density at radius 3 is 2.31 bits per heavy atom. The number of imide groups is 1. The number of benzene rings is 4. The Kier molecular flexibility index (Phi) is 8.59. The molecule has 5 aromatic rings. The van der Waals surface area contributed by atoms with Crippen molar-refractivity contribution in [2.45, 2.75) is 29.7 Å². The van der Waals surface area contributed by atoms with Gasteiger partial charge in [-0.25, -0.2) is 9.69 Å². The number of carbonyl (C=O) groups excluding carboxylic acids is 4. The summed E-state index contributed by atoms with van der Waals surface area (Å²) in [7, 11) is 3.86. The lowest BCUT2D eigenvalue weighted by molar-refractivity contribution is -0.122. The second-order valence-corrected chi connectivity index (χ2v) is 14.1. The zero-order chi connectivity index (χ0) is 34.4. The van der Waals surface area contributed by atoms with Gasteiger partial charge in [-0.2, -0.15) is 0 Å². The van der Waals surface area contributed by atoms with Gasteiger partial charge >= 0.3 is 10.8 Å². The van der Waals surface area contributed by atoms with Gasteiger partial charge in [-0.1, -0.05) is 71.6 Å². The van der Waals surface area contributed by atoms with Gasteiger partial charge in [0.05, 0.1) is 28.8 Å². The summed E-state index contributed by atoms with van der Waals surface area (Å²) in [4.78, 5) is 71.1. The third kappa shape index (κ3) is 5.80. The number of ether oxygens (including phenoxy) is 1. The van der Waals surface area contributed by atoms with Crippen LogP contribution in [0.25, 0.3) is 10.8 Å². The molecule has 1 N–H and O–H groups in total. The molecule has 2 unspecified atom stereocenters. The standard InChI is InChI=1S/C37H32N4O6S2/c1-4-47-36(45)23-14-18-25(19-15-23)41-33(43)30-29(22-12-16-24(17-13-22)39(2)3)32-35(48-31(30)34(41)44)40(37(46)49-32)20-28(42)38-27-11-7-9-21-8-5-6-10-26(21)27/h5-19,29-31H,4,20H2,1-3H3,(H,38,42)/t29-,30?,31?/m1/s1. The molecule has 2 aliphatic rings. The van der Waals surface area contributed by atoms with Crippen LogP contribution in [0.3, 0.4) is 0 Å². The molecule has 3 atom stereocenters. The number of aromatic nitrogens is 1.